The van der Waals surface area contributed by atoms with E-state index in [4.69, 9.17) is 17.3 Å². The van der Waals surface area contributed by atoms with Crippen LogP contribution >= 0.6 is 27.5 Å². The van der Waals surface area contributed by atoms with Gasteiger partial charge in [0.2, 0.25) is 5.91 Å². The molecule has 0 spiro atoms. The van der Waals surface area contributed by atoms with Crippen molar-refractivity contribution in [3.8, 4) is 0 Å². The highest BCUT2D eigenvalue weighted by Crippen LogP contribution is 2.30. The molecule has 0 aliphatic heterocycles. The number of hydrogen-bond acceptors (Lipinski definition) is 2. The Morgan fingerprint density at radius 3 is 2.71 bits per heavy atom. The van der Waals surface area contributed by atoms with Crippen LogP contribution in [-0.2, 0) is 4.79 Å². The van der Waals surface area contributed by atoms with E-state index in [9.17, 15) is 4.79 Å². The van der Waals surface area contributed by atoms with Crippen LogP contribution in [0.25, 0.3) is 0 Å². The van der Waals surface area contributed by atoms with Crippen LogP contribution in [0, 0.1) is 11.8 Å². The molecule has 1 amide bonds. The van der Waals surface area contributed by atoms with Crippen LogP contribution in [0.15, 0.2) is 22.7 Å². The lowest BCUT2D eigenvalue weighted by Gasteiger charge is -2.18. The van der Waals surface area contributed by atoms with Gasteiger partial charge in [-0.25, -0.2) is 0 Å². The van der Waals surface area contributed by atoms with E-state index in [1.54, 1.807) is 18.2 Å². The number of amides is 1. The number of nitrogens with one attached hydrogen (secondary N) is 1. The van der Waals surface area contributed by atoms with Crippen LogP contribution in [0.1, 0.15) is 13.8 Å². The molecule has 17 heavy (non-hydrogen) atoms. The molecular weight excluding hydrogens is 304 g/mol. The highest BCUT2D eigenvalue weighted by atomic mass is 79.9. The molecule has 0 radical (unpaired) electrons. The van der Waals surface area contributed by atoms with Gasteiger partial charge < -0.3 is 11.1 Å². The van der Waals surface area contributed by atoms with E-state index >= 15 is 0 Å². The van der Waals surface area contributed by atoms with Gasteiger partial charge in [-0.2, -0.15) is 0 Å². The van der Waals surface area contributed by atoms with Gasteiger partial charge in [0.25, 0.3) is 0 Å². The van der Waals surface area contributed by atoms with Crippen molar-refractivity contribution in [2.75, 3.05) is 11.9 Å². The molecule has 1 rings (SSSR count). The van der Waals surface area contributed by atoms with E-state index in [-0.39, 0.29) is 17.7 Å². The van der Waals surface area contributed by atoms with Crippen molar-refractivity contribution in [3.63, 3.8) is 0 Å². The maximum absolute atomic E-state index is 12.0. The quantitative estimate of drug-likeness (QED) is 0.895. The first-order valence-electron chi connectivity index (χ1n) is 5.42. The Hall–Kier alpha value is -0.580. The minimum absolute atomic E-state index is 0.0783. The number of halogens is 2. The predicted octanol–water partition coefficient (Wildman–Crippen LogP) is 3.27. The van der Waals surface area contributed by atoms with Crippen molar-refractivity contribution in [2.24, 2.45) is 17.6 Å². The first-order valence-corrected chi connectivity index (χ1v) is 6.59. The van der Waals surface area contributed by atoms with Gasteiger partial charge in [-0.05, 0) is 34.0 Å². The van der Waals surface area contributed by atoms with Gasteiger partial charge in [0.1, 0.15) is 0 Å². The molecule has 0 aliphatic rings. The predicted molar refractivity (Wildman–Crippen MR) is 75.2 cm³/mol. The van der Waals surface area contributed by atoms with E-state index in [0.29, 0.717) is 21.7 Å². The molecule has 0 saturated carbocycles. The second-order valence-corrected chi connectivity index (χ2v) is 5.38. The van der Waals surface area contributed by atoms with Crippen LogP contribution in [0.5, 0.6) is 0 Å². The Bertz CT molecular complexity index is 409. The van der Waals surface area contributed by atoms with Gasteiger partial charge in [-0.3, -0.25) is 4.79 Å². The van der Waals surface area contributed by atoms with Gasteiger partial charge in [0.05, 0.1) is 21.1 Å². The molecule has 1 atom stereocenters. The lowest BCUT2D eigenvalue weighted by Crippen LogP contribution is -2.33. The van der Waals surface area contributed by atoms with Gasteiger partial charge in [0, 0.05) is 6.54 Å². The number of hydrogen-bond donors (Lipinski definition) is 2. The Balaban J connectivity index is 2.84. The molecule has 0 heterocycles. The third-order valence-corrected chi connectivity index (χ3v) is 4.00. The molecule has 1 unspecified atom stereocenters. The SMILES string of the molecule is CC(C)C(CN)C(=O)Nc1cccc(Cl)c1Br. The summed E-state index contributed by atoms with van der Waals surface area (Å²) >= 11 is 9.29. The van der Waals surface area contributed by atoms with Crippen LogP contribution < -0.4 is 11.1 Å². The van der Waals surface area contributed by atoms with E-state index in [1.807, 2.05) is 13.8 Å². The Labute approximate surface area is 115 Å². The second kappa shape index (κ2) is 6.38. The molecule has 94 valence electrons. The van der Waals surface area contributed by atoms with Crippen molar-refractivity contribution in [1.82, 2.24) is 0 Å². The fourth-order valence-corrected chi connectivity index (χ4v) is 2.05. The van der Waals surface area contributed by atoms with Crippen LogP contribution in [0.4, 0.5) is 5.69 Å². The molecule has 1 aromatic carbocycles. The lowest BCUT2D eigenvalue weighted by atomic mass is 9.95. The molecule has 0 aliphatic carbocycles. The number of nitrogens with two attached hydrogens (primary N) is 1. The molecule has 0 aromatic heterocycles. The number of carbonyl (C=O) groups is 1. The minimum atomic E-state index is -0.194. The molecular formula is C12H16BrClN2O. The number of rotatable bonds is 4. The van der Waals surface area contributed by atoms with E-state index in [2.05, 4.69) is 21.2 Å². The summed E-state index contributed by atoms with van der Waals surface area (Å²) in [5.41, 5.74) is 6.27. The summed E-state index contributed by atoms with van der Waals surface area (Å²) < 4.78 is 0.689. The first-order chi connectivity index (χ1) is 7.97. The van der Waals surface area contributed by atoms with Gasteiger partial charge in [0.15, 0.2) is 0 Å². The van der Waals surface area contributed by atoms with Gasteiger partial charge in [-0.1, -0.05) is 31.5 Å². The summed E-state index contributed by atoms with van der Waals surface area (Å²) in [4.78, 5) is 12.0. The van der Waals surface area contributed by atoms with Crippen LogP contribution in [0.3, 0.4) is 0 Å². The molecule has 0 fully saturated rings. The second-order valence-electron chi connectivity index (χ2n) is 4.18. The molecule has 0 saturated heterocycles. The highest BCUT2D eigenvalue weighted by Gasteiger charge is 2.21. The van der Waals surface area contributed by atoms with Crippen LogP contribution in [-0.4, -0.2) is 12.5 Å². The fraction of sp³-hybridized carbons (Fsp3) is 0.417. The third kappa shape index (κ3) is 3.69. The smallest absolute Gasteiger partial charge is 0.229 e. The highest BCUT2D eigenvalue weighted by molar-refractivity contribution is 9.10. The standard InChI is InChI=1S/C12H16BrClN2O/c1-7(2)8(6-15)12(17)16-10-5-3-4-9(14)11(10)13/h3-5,7-8H,6,15H2,1-2H3,(H,16,17). The summed E-state index contributed by atoms with van der Waals surface area (Å²) in [6.45, 7) is 4.29. The summed E-state index contributed by atoms with van der Waals surface area (Å²) in [6.07, 6.45) is 0. The van der Waals surface area contributed by atoms with Crippen molar-refractivity contribution < 1.29 is 4.79 Å². The zero-order chi connectivity index (χ0) is 13.0. The molecule has 3 nitrogen and oxygen atoms in total. The third-order valence-electron chi connectivity index (χ3n) is 2.60. The first kappa shape index (κ1) is 14.5. The van der Waals surface area contributed by atoms with Gasteiger partial charge >= 0.3 is 0 Å². The Morgan fingerprint density at radius 1 is 1.53 bits per heavy atom. The Morgan fingerprint density at radius 2 is 2.18 bits per heavy atom. The average Bonchev–Trinajstić information content (AvgIpc) is 2.25. The zero-order valence-corrected chi connectivity index (χ0v) is 12.2. The molecule has 1 aromatic rings. The minimum Gasteiger partial charge on any atom is -0.330 e. The molecule has 3 N–H and O–H groups in total. The van der Waals surface area contributed by atoms with Crippen molar-refractivity contribution in [2.45, 2.75) is 13.8 Å². The number of anilines is 1. The van der Waals surface area contributed by atoms with E-state index in [1.165, 1.54) is 0 Å². The van der Waals surface area contributed by atoms with Gasteiger partial charge in [-0.15, -0.1) is 0 Å². The molecule has 5 heteroatoms. The van der Waals surface area contributed by atoms with Crippen molar-refractivity contribution >= 4 is 39.1 Å². The summed E-state index contributed by atoms with van der Waals surface area (Å²) in [6, 6.07) is 5.33. The number of benzene rings is 1. The van der Waals surface area contributed by atoms with Crippen molar-refractivity contribution in [3.05, 3.63) is 27.7 Å². The largest absolute Gasteiger partial charge is 0.330 e. The topological polar surface area (TPSA) is 55.1 Å². The average molecular weight is 320 g/mol. The van der Waals surface area contributed by atoms with E-state index < -0.39 is 0 Å². The van der Waals surface area contributed by atoms with Crippen LogP contribution in [0.2, 0.25) is 5.02 Å². The summed E-state index contributed by atoms with van der Waals surface area (Å²) in [7, 11) is 0. The fourth-order valence-electron chi connectivity index (χ4n) is 1.51. The number of carbonyl (C=O) groups excluding carboxylic acids is 1. The Kier molecular flexibility index (Phi) is 5.43. The zero-order valence-electron chi connectivity index (χ0n) is 9.84. The normalized spacial score (nSPS) is 12.6. The maximum atomic E-state index is 12.0. The monoisotopic (exact) mass is 318 g/mol. The summed E-state index contributed by atoms with van der Waals surface area (Å²) in [5, 5.41) is 3.40. The van der Waals surface area contributed by atoms with Crippen molar-refractivity contribution in [1.29, 1.82) is 0 Å². The molecule has 0 bridgehead atoms. The van der Waals surface area contributed by atoms with E-state index in [0.717, 1.165) is 0 Å². The summed E-state index contributed by atoms with van der Waals surface area (Å²) in [5.74, 6) is -0.0655. The maximum Gasteiger partial charge on any atom is 0.229 e. The lowest BCUT2D eigenvalue weighted by molar-refractivity contribution is -0.120.